The van der Waals surface area contributed by atoms with E-state index in [1.54, 1.807) is 0 Å². The van der Waals surface area contributed by atoms with Gasteiger partial charge in [0.25, 0.3) is 0 Å². The first kappa shape index (κ1) is 31.9. The van der Waals surface area contributed by atoms with Gasteiger partial charge in [-0.2, -0.15) is 0 Å². The van der Waals surface area contributed by atoms with Crippen LogP contribution in [0.5, 0.6) is 0 Å². The normalized spacial score (nSPS) is 11.6. The highest BCUT2D eigenvalue weighted by molar-refractivity contribution is 6.12. The van der Waals surface area contributed by atoms with Crippen molar-refractivity contribution in [2.75, 3.05) is 0 Å². The van der Waals surface area contributed by atoms with Crippen molar-refractivity contribution in [1.29, 1.82) is 0 Å². The topological polar surface area (TPSA) is 35.6 Å². The van der Waals surface area contributed by atoms with Crippen LogP contribution in [0.3, 0.4) is 0 Å². The zero-order valence-electron chi connectivity index (χ0n) is 30.4. The number of aromatic nitrogens is 4. The van der Waals surface area contributed by atoms with Crippen LogP contribution in [0.1, 0.15) is 0 Å². The van der Waals surface area contributed by atoms with E-state index < -0.39 is 0 Å². The molecule has 0 amide bonds. The lowest BCUT2D eigenvalue weighted by molar-refractivity contribution is 1.09. The Kier molecular flexibility index (Phi) is 7.46. The summed E-state index contributed by atoms with van der Waals surface area (Å²) in [5.41, 5.74) is 13.9. The van der Waals surface area contributed by atoms with E-state index >= 15 is 0 Å². The monoisotopic (exact) mass is 714 g/mol. The van der Waals surface area contributed by atoms with Gasteiger partial charge in [0.2, 0.25) is 0 Å². The third kappa shape index (κ3) is 5.15. The standard InChI is InChI=1S/C52H34N4/c1-4-16-36(17-5-1)49-51(50(37-18-6-2-7-19-37)54-52(53-49)38-20-8-3-9-21-38)56-47-27-15-12-24-43(47)44-34-39(30-33-48(44)56)35-28-31-40(32-29-35)55-45-25-13-10-22-41(45)42-23-11-14-26-46(42)55/h1-34H. The Morgan fingerprint density at radius 2 is 0.696 bits per heavy atom. The molecule has 4 heteroatoms. The molecule has 11 aromatic rings. The fraction of sp³-hybridized carbons (Fsp3) is 0. The zero-order valence-corrected chi connectivity index (χ0v) is 30.4. The average Bonchev–Trinajstić information content (AvgIpc) is 3.79. The van der Waals surface area contributed by atoms with Gasteiger partial charge in [-0.25, -0.2) is 9.97 Å². The van der Waals surface area contributed by atoms with E-state index in [1.165, 1.54) is 38.1 Å². The van der Waals surface area contributed by atoms with Crippen LogP contribution in [-0.4, -0.2) is 19.1 Å². The van der Waals surface area contributed by atoms with E-state index in [9.17, 15) is 0 Å². The quantitative estimate of drug-likeness (QED) is 0.172. The van der Waals surface area contributed by atoms with Crippen molar-refractivity contribution in [3.05, 3.63) is 206 Å². The van der Waals surface area contributed by atoms with Crippen LogP contribution >= 0.6 is 0 Å². The molecule has 3 aromatic heterocycles. The van der Waals surface area contributed by atoms with Gasteiger partial charge in [-0.05, 0) is 53.6 Å². The molecule has 0 atom stereocenters. The van der Waals surface area contributed by atoms with Crippen molar-refractivity contribution in [3.63, 3.8) is 0 Å². The molecule has 3 heterocycles. The smallest absolute Gasteiger partial charge is 0.160 e. The molecule has 0 N–H and O–H groups in total. The fourth-order valence-electron chi connectivity index (χ4n) is 8.37. The first-order valence-electron chi connectivity index (χ1n) is 19.0. The maximum atomic E-state index is 5.37. The van der Waals surface area contributed by atoms with Crippen molar-refractivity contribution < 1.29 is 0 Å². The molecule has 0 radical (unpaired) electrons. The average molecular weight is 715 g/mol. The Labute approximate surface area is 324 Å². The van der Waals surface area contributed by atoms with Crippen LogP contribution < -0.4 is 0 Å². The van der Waals surface area contributed by atoms with E-state index in [1.807, 2.05) is 18.2 Å². The molecule has 0 saturated heterocycles. The molecule has 56 heavy (non-hydrogen) atoms. The van der Waals surface area contributed by atoms with Crippen LogP contribution in [0.15, 0.2) is 206 Å². The minimum absolute atomic E-state index is 0.694. The van der Waals surface area contributed by atoms with E-state index in [0.717, 1.165) is 56.0 Å². The number of hydrogen-bond acceptors (Lipinski definition) is 2. The lowest BCUT2D eigenvalue weighted by Crippen LogP contribution is -2.06. The first-order valence-corrected chi connectivity index (χ1v) is 19.0. The molecule has 0 spiro atoms. The van der Waals surface area contributed by atoms with Crippen molar-refractivity contribution in [2.45, 2.75) is 0 Å². The Morgan fingerprint density at radius 1 is 0.286 bits per heavy atom. The molecule has 4 nitrogen and oxygen atoms in total. The van der Waals surface area contributed by atoms with Gasteiger partial charge in [0.05, 0.1) is 39.1 Å². The summed E-state index contributed by atoms with van der Waals surface area (Å²) < 4.78 is 4.74. The van der Waals surface area contributed by atoms with E-state index in [-0.39, 0.29) is 0 Å². The molecule has 0 aliphatic carbocycles. The van der Waals surface area contributed by atoms with Gasteiger partial charge in [-0.15, -0.1) is 0 Å². The van der Waals surface area contributed by atoms with Gasteiger partial charge in [-0.1, -0.05) is 164 Å². The fourth-order valence-corrected chi connectivity index (χ4v) is 8.37. The third-order valence-electron chi connectivity index (χ3n) is 10.9. The van der Waals surface area contributed by atoms with Crippen LogP contribution in [0, 0.1) is 0 Å². The number of hydrogen-bond donors (Lipinski definition) is 0. The minimum Gasteiger partial charge on any atom is -0.309 e. The summed E-state index contributed by atoms with van der Waals surface area (Å²) in [5.74, 6) is 0.694. The predicted octanol–water partition coefficient (Wildman–Crippen LogP) is 13.3. The van der Waals surface area contributed by atoms with Crippen LogP contribution in [-0.2, 0) is 0 Å². The molecule has 0 fully saturated rings. The Bertz CT molecular complexity index is 3100. The molecule has 0 aliphatic rings. The second-order valence-corrected chi connectivity index (χ2v) is 14.2. The van der Waals surface area contributed by atoms with Crippen molar-refractivity contribution in [2.24, 2.45) is 0 Å². The maximum absolute atomic E-state index is 5.37. The Hall–Kier alpha value is -7.56. The molecule has 0 unspecified atom stereocenters. The highest BCUT2D eigenvalue weighted by Crippen LogP contribution is 2.42. The molecule has 0 aliphatic heterocycles. The molecule has 0 saturated carbocycles. The summed E-state index contributed by atoms with van der Waals surface area (Å²) in [6, 6.07) is 73.1. The van der Waals surface area contributed by atoms with E-state index in [0.29, 0.717) is 5.82 Å². The molecule has 8 aromatic carbocycles. The van der Waals surface area contributed by atoms with Gasteiger partial charge in [0.15, 0.2) is 5.82 Å². The van der Waals surface area contributed by atoms with Crippen LogP contribution in [0.25, 0.3) is 100 Å². The Morgan fingerprint density at radius 3 is 1.23 bits per heavy atom. The summed E-state index contributed by atoms with van der Waals surface area (Å²) in [6.45, 7) is 0. The highest BCUT2D eigenvalue weighted by Gasteiger charge is 2.24. The van der Waals surface area contributed by atoms with Gasteiger partial charge >= 0.3 is 0 Å². The lowest BCUT2D eigenvalue weighted by atomic mass is 10.0. The van der Waals surface area contributed by atoms with Crippen LogP contribution in [0.2, 0.25) is 0 Å². The number of para-hydroxylation sites is 3. The molecule has 262 valence electrons. The summed E-state index contributed by atoms with van der Waals surface area (Å²) in [6.07, 6.45) is 0. The summed E-state index contributed by atoms with van der Waals surface area (Å²) in [7, 11) is 0. The maximum Gasteiger partial charge on any atom is 0.160 e. The number of fused-ring (bicyclic) bond motifs is 6. The largest absolute Gasteiger partial charge is 0.309 e. The van der Waals surface area contributed by atoms with Crippen molar-refractivity contribution in [3.8, 4) is 56.4 Å². The lowest BCUT2D eigenvalue weighted by Gasteiger charge is -2.19. The first-order chi connectivity index (χ1) is 27.8. The molecule has 11 rings (SSSR count). The van der Waals surface area contributed by atoms with Gasteiger partial charge in [0.1, 0.15) is 0 Å². The van der Waals surface area contributed by atoms with E-state index in [4.69, 9.17) is 9.97 Å². The number of rotatable bonds is 6. The summed E-state index contributed by atoms with van der Waals surface area (Å²) >= 11 is 0. The minimum atomic E-state index is 0.694. The second-order valence-electron chi connectivity index (χ2n) is 14.2. The number of nitrogens with zero attached hydrogens (tertiary/aromatic N) is 4. The Balaban J connectivity index is 1.12. The summed E-state index contributed by atoms with van der Waals surface area (Å²) in [4.78, 5) is 10.7. The zero-order chi connectivity index (χ0) is 37.0. The number of benzene rings is 8. The van der Waals surface area contributed by atoms with Gasteiger partial charge < -0.3 is 9.13 Å². The van der Waals surface area contributed by atoms with E-state index in [2.05, 4.69) is 197 Å². The highest BCUT2D eigenvalue weighted by atomic mass is 15.0. The predicted molar refractivity (Wildman–Crippen MR) is 232 cm³/mol. The van der Waals surface area contributed by atoms with Gasteiger partial charge in [0, 0.05) is 43.9 Å². The molecule has 0 bridgehead atoms. The summed E-state index contributed by atoms with van der Waals surface area (Å²) in [5, 5.41) is 4.88. The van der Waals surface area contributed by atoms with Crippen LogP contribution in [0.4, 0.5) is 0 Å². The van der Waals surface area contributed by atoms with Crippen molar-refractivity contribution >= 4 is 43.6 Å². The SMILES string of the molecule is c1ccc(-c2nc(-c3ccccc3)c(-n3c4ccccc4c4cc(-c5ccc(-n6c7ccccc7c7ccccc76)cc5)ccc43)c(-c3ccccc3)n2)cc1. The molecular weight excluding hydrogens is 681 g/mol. The molecular formula is C52H34N4. The van der Waals surface area contributed by atoms with Gasteiger partial charge in [-0.3, -0.25) is 0 Å². The third-order valence-corrected chi connectivity index (χ3v) is 10.9. The second kappa shape index (κ2) is 13.1. The van der Waals surface area contributed by atoms with Crippen molar-refractivity contribution in [1.82, 2.24) is 19.1 Å².